The molecule has 3 aromatic carbocycles. The highest BCUT2D eigenvalue weighted by Crippen LogP contribution is 2.40. The molecule has 1 unspecified atom stereocenters. The zero-order valence-electron chi connectivity index (χ0n) is 21.9. The minimum Gasteiger partial charge on any atom is -0.493 e. The quantitative estimate of drug-likeness (QED) is 0.404. The van der Waals surface area contributed by atoms with E-state index in [0.717, 1.165) is 15.4 Å². The smallest absolute Gasteiger partial charge is 0.264 e. The van der Waals surface area contributed by atoms with Crippen LogP contribution in [0.3, 0.4) is 0 Å². The number of carbonyl (C=O) groups is 1. The number of nitrogens with zero attached hydrogens (tertiary/aromatic N) is 1. The van der Waals surface area contributed by atoms with E-state index in [-0.39, 0.29) is 16.7 Å². The third-order valence-electron chi connectivity index (χ3n) is 6.30. The summed E-state index contributed by atoms with van der Waals surface area (Å²) in [5.74, 6) is 0.882. The van der Waals surface area contributed by atoms with E-state index in [4.69, 9.17) is 25.8 Å². The van der Waals surface area contributed by atoms with Crippen molar-refractivity contribution in [3.63, 3.8) is 0 Å². The Hall–Kier alpha value is -3.43. The summed E-state index contributed by atoms with van der Waals surface area (Å²) in [7, 11) is -1.29. The molecule has 0 saturated carbocycles. The van der Waals surface area contributed by atoms with Crippen molar-refractivity contribution in [1.82, 2.24) is 5.32 Å². The number of benzene rings is 3. The molecule has 4 rings (SSSR count). The molecule has 0 saturated heterocycles. The molecule has 0 spiro atoms. The number of rotatable bonds is 8. The maximum atomic E-state index is 13.9. The number of aryl methyl sites for hydroxylation is 1. The summed E-state index contributed by atoms with van der Waals surface area (Å²) >= 11 is 6.05. The zero-order chi connectivity index (χ0) is 27.7. The predicted octanol–water partition coefficient (Wildman–Crippen LogP) is 5.28. The second kappa shape index (κ2) is 10.7. The van der Waals surface area contributed by atoms with Crippen LogP contribution in [0.2, 0.25) is 5.02 Å². The van der Waals surface area contributed by atoms with Crippen LogP contribution in [0.4, 0.5) is 5.69 Å². The number of ether oxygens (including phenoxy) is 3. The van der Waals surface area contributed by atoms with Crippen molar-refractivity contribution < 1.29 is 27.4 Å². The molecule has 1 amide bonds. The van der Waals surface area contributed by atoms with Gasteiger partial charge < -0.3 is 19.5 Å². The monoisotopic (exact) mass is 558 g/mol. The first kappa shape index (κ1) is 27.6. The van der Waals surface area contributed by atoms with Crippen molar-refractivity contribution in [1.29, 1.82) is 0 Å². The number of sulfonamides is 1. The number of hydrogen-bond donors (Lipinski definition) is 1. The van der Waals surface area contributed by atoms with Gasteiger partial charge in [0.05, 0.1) is 30.8 Å². The third-order valence-corrected chi connectivity index (χ3v) is 8.32. The summed E-state index contributed by atoms with van der Waals surface area (Å²) in [5.41, 5.74) is 1.67. The van der Waals surface area contributed by atoms with Crippen LogP contribution in [0.15, 0.2) is 65.6 Å². The third kappa shape index (κ3) is 5.84. The summed E-state index contributed by atoms with van der Waals surface area (Å²) < 4.78 is 45.4. The van der Waals surface area contributed by atoms with Crippen molar-refractivity contribution in [2.45, 2.75) is 43.7 Å². The molecule has 1 atom stereocenters. The van der Waals surface area contributed by atoms with Crippen LogP contribution in [-0.4, -0.2) is 40.7 Å². The van der Waals surface area contributed by atoms with Gasteiger partial charge >= 0.3 is 0 Å². The molecular weight excluding hydrogens is 528 g/mol. The van der Waals surface area contributed by atoms with Crippen molar-refractivity contribution >= 4 is 33.2 Å². The summed E-state index contributed by atoms with van der Waals surface area (Å²) in [4.78, 5) is 13.4. The number of amides is 1. The fourth-order valence-electron chi connectivity index (χ4n) is 4.50. The van der Waals surface area contributed by atoms with Crippen LogP contribution < -0.4 is 23.8 Å². The van der Waals surface area contributed by atoms with Crippen LogP contribution in [0, 0.1) is 6.92 Å². The van der Waals surface area contributed by atoms with E-state index in [2.05, 4.69) is 5.32 Å². The van der Waals surface area contributed by atoms with Crippen molar-refractivity contribution in [3.05, 3.63) is 76.8 Å². The maximum absolute atomic E-state index is 13.9. The van der Waals surface area contributed by atoms with Gasteiger partial charge in [-0.2, -0.15) is 0 Å². The minimum atomic E-state index is -4.18. The van der Waals surface area contributed by atoms with Gasteiger partial charge in [-0.1, -0.05) is 29.3 Å². The summed E-state index contributed by atoms with van der Waals surface area (Å²) in [6, 6.07) is 16.0. The van der Waals surface area contributed by atoms with E-state index in [0.29, 0.717) is 28.6 Å². The summed E-state index contributed by atoms with van der Waals surface area (Å²) in [6.07, 6.45) is 0.526. The highest BCUT2D eigenvalue weighted by atomic mass is 35.5. The Morgan fingerprint density at radius 3 is 2.39 bits per heavy atom. The largest absolute Gasteiger partial charge is 0.493 e. The Balaban J connectivity index is 1.68. The van der Waals surface area contributed by atoms with E-state index < -0.39 is 28.1 Å². The molecule has 0 aromatic heterocycles. The van der Waals surface area contributed by atoms with E-state index in [1.54, 1.807) is 24.3 Å². The molecule has 38 heavy (non-hydrogen) atoms. The Morgan fingerprint density at radius 2 is 1.74 bits per heavy atom. The molecule has 0 radical (unpaired) electrons. The molecule has 1 N–H and O–H groups in total. The fraction of sp³-hybridized carbons (Fsp3) is 0.321. The lowest BCUT2D eigenvalue weighted by Crippen LogP contribution is -2.45. The Morgan fingerprint density at radius 1 is 1.05 bits per heavy atom. The number of halogens is 1. The van der Waals surface area contributed by atoms with Crippen LogP contribution in [0.5, 0.6) is 17.2 Å². The van der Waals surface area contributed by atoms with E-state index in [1.165, 1.54) is 32.4 Å². The van der Waals surface area contributed by atoms with Crippen LogP contribution in [0.1, 0.15) is 37.4 Å². The van der Waals surface area contributed by atoms with Gasteiger partial charge in [-0.05, 0) is 63.2 Å². The van der Waals surface area contributed by atoms with Crippen LogP contribution in [-0.2, 0) is 14.8 Å². The number of nitrogens with one attached hydrogen (secondary N) is 1. The highest BCUT2D eigenvalue weighted by Gasteiger charge is 2.36. The lowest BCUT2D eigenvalue weighted by Gasteiger charge is -2.38. The molecule has 10 heteroatoms. The topological polar surface area (TPSA) is 94.2 Å². The molecule has 202 valence electrons. The second-order valence-electron chi connectivity index (χ2n) is 9.73. The number of hydrogen-bond acceptors (Lipinski definition) is 6. The SMILES string of the molecule is COc1ccc(S(=O)(=O)N(CC(=O)NC2CC(C)(C)Oc3ccc(C)cc32)c2ccc(Cl)cc2)cc1OC. The van der Waals surface area contributed by atoms with Gasteiger partial charge in [-0.3, -0.25) is 9.10 Å². The average Bonchev–Trinajstić information content (AvgIpc) is 2.87. The van der Waals surface area contributed by atoms with Gasteiger partial charge in [0.15, 0.2) is 11.5 Å². The van der Waals surface area contributed by atoms with Gasteiger partial charge in [-0.25, -0.2) is 8.42 Å². The summed E-state index contributed by atoms with van der Waals surface area (Å²) in [6.45, 7) is 5.43. The lowest BCUT2D eigenvalue weighted by molar-refractivity contribution is -0.120. The first-order valence-corrected chi connectivity index (χ1v) is 13.8. The van der Waals surface area contributed by atoms with Crippen molar-refractivity contribution in [2.24, 2.45) is 0 Å². The Labute approximate surface area is 228 Å². The number of anilines is 1. The molecule has 8 nitrogen and oxygen atoms in total. The standard InChI is InChI=1S/C28H31ClN2O6S/c1-18-6-12-24-22(14-18)23(16-28(2,3)37-24)30-27(32)17-31(20-9-7-19(29)8-10-20)38(33,34)21-11-13-25(35-4)26(15-21)36-5/h6-15,23H,16-17H2,1-5H3,(H,30,32). The number of fused-ring (bicyclic) bond motifs is 1. The Bertz CT molecular complexity index is 1440. The van der Waals surface area contributed by atoms with E-state index >= 15 is 0 Å². The zero-order valence-corrected chi connectivity index (χ0v) is 23.5. The van der Waals surface area contributed by atoms with E-state index in [9.17, 15) is 13.2 Å². The molecule has 0 aliphatic carbocycles. The highest BCUT2D eigenvalue weighted by molar-refractivity contribution is 7.92. The molecule has 1 heterocycles. The van der Waals surface area contributed by atoms with Gasteiger partial charge in [0.2, 0.25) is 5.91 Å². The number of methoxy groups -OCH3 is 2. The molecule has 3 aromatic rings. The van der Waals surface area contributed by atoms with Gasteiger partial charge in [0.1, 0.15) is 17.9 Å². The minimum absolute atomic E-state index is 0.0499. The summed E-state index contributed by atoms with van der Waals surface area (Å²) in [5, 5.41) is 3.48. The molecule has 0 bridgehead atoms. The van der Waals surface area contributed by atoms with Crippen molar-refractivity contribution in [3.8, 4) is 17.2 Å². The Kier molecular flexibility index (Phi) is 7.80. The van der Waals surface area contributed by atoms with Crippen LogP contribution in [0.25, 0.3) is 0 Å². The van der Waals surface area contributed by atoms with Gasteiger partial charge in [0.25, 0.3) is 10.0 Å². The molecule has 1 aliphatic rings. The van der Waals surface area contributed by atoms with Crippen molar-refractivity contribution in [2.75, 3.05) is 25.1 Å². The second-order valence-corrected chi connectivity index (χ2v) is 12.0. The molecule has 1 aliphatic heterocycles. The van der Waals surface area contributed by atoms with E-state index in [1.807, 2.05) is 39.0 Å². The van der Waals surface area contributed by atoms with Gasteiger partial charge in [0, 0.05) is 23.1 Å². The first-order chi connectivity index (χ1) is 17.9. The molecular formula is C28H31ClN2O6S. The van der Waals surface area contributed by atoms with Gasteiger partial charge in [-0.15, -0.1) is 0 Å². The molecule has 0 fully saturated rings. The normalized spacial score (nSPS) is 16.1. The fourth-order valence-corrected chi connectivity index (χ4v) is 6.06. The first-order valence-electron chi connectivity index (χ1n) is 12.0. The average molecular weight is 559 g/mol. The lowest BCUT2D eigenvalue weighted by atomic mass is 9.89. The predicted molar refractivity (Wildman–Crippen MR) is 147 cm³/mol. The van der Waals surface area contributed by atoms with Crippen LogP contribution >= 0.6 is 11.6 Å². The number of carbonyl (C=O) groups excluding carboxylic acids is 1. The maximum Gasteiger partial charge on any atom is 0.264 e.